The van der Waals surface area contributed by atoms with E-state index in [1.165, 1.54) is 0 Å². The number of carbonyl (C=O) groups is 1. The van der Waals surface area contributed by atoms with E-state index >= 15 is 0 Å². The Morgan fingerprint density at radius 2 is 1.88 bits per heavy atom. The molecule has 0 bridgehead atoms. The largest absolute Gasteiger partial charge is 0.507 e. The van der Waals surface area contributed by atoms with Crippen LogP contribution in [0.3, 0.4) is 0 Å². The second-order valence-electron chi connectivity index (χ2n) is 6.78. The van der Waals surface area contributed by atoms with E-state index in [2.05, 4.69) is 4.98 Å². The van der Waals surface area contributed by atoms with E-state index < -0.39 is 0 Å². The summed E-state index contributed by atoms with van der Waals surface area (Å²) in [6, 6.07) is 16.8. The molecule has 26 heavy (non-hydrogen) atoms. The summed E-state index contributed by atoms with van der Waals surface area (Å²) in [5.41, 5.74) is 1.31. The van der Waals surface area contributed by atoms with Gasteiger partial charge >= 0.3 is 0 Å². The van der Waals surface area contributed by atoms with Crippen molar-refractivity contribution in [2.24, 2.45) is 5.92 Å². The third kappa shape index (κ3) is 3.38. The molecule has 2 heterocycles. The van der Waals surface area contributed by atoms with Gasteiger partial charge in [0.15, 0.2) is 0 Å². The van der Waals surface area contributed by atoms with Crippen molar-refractivity contribution >= 4 is 16.8 Å². The van der Waals surface area contributed by atoms with E-state index in [-0.39, 0.29) is 11.7 Å². The number of piperidine rings is 1. The number of aromatic nitrogens is 1. The second kappa shape index (κ2) is 7.12. The normalized spacial score (nSPS) is 15.3. The van der Waals surface area contributed by atoms with Gasteiger partial charge in [-0.2, -0.15) is 0 Å². The predicted molar refractivity (Wildman–Crippen MR) is 101 cm³/mol. The summed E-state index contributed by atoms with van der Waals surface area (Å²) in [6.45, 7) is 2.14. The van der Waals surface area contributed by atoms with Crippen LogP contribution in [0.15, 0.2) is 54.6 Å². The smallest absolute Gasteiger partial charge is 0.270 e. The van der Waals surface area contributed by atoms with Crippen LogP contribution in [0.2, 0.25) is 0 Å². The van der Waals surface area contributed by atoms with Gasteiger partial charge in [0.2, 0.25) is 0 Å². The molecule has 0 saturated carbocycles. The number of nitrogens with zero attached hydrogens (tertiary/aromatic N) is 1. The Morgan fingerprint density at radius 3 is 2.62 bits per heavy atom. The average molecular weight is 350 g/mol. The van der Waals surface area contributed by atoms with Crippen LogP contribution in [-0.4, -0.2) is 40.6 Å². The number of benzene rings is 2. The van der Waals surface area contributed by atoms with Gasteiger partial charge in [0.1, 0.15) is 17.2 Å². The van der Waals surface area contributed by atoms with E-state index in [0.29, 0.717) is 23.6 Å². The quantitative estimate of drug-likeness (QED) is 0.752. The summed E-state index contributed by atoms with van der Waals surface area (Å²) < 4.78 is 5.84. The minimum absolute atomic E-state index is 0.0111. The molecule has 2 aromatic carbocycles. The topological polar surface area (TPSA) is 65.6 Å². The Labute approximate surface area is 152 Å². The first kappa shape index (κ1) is 16.5. The number of phenols is 1. The maximum atomic E-state index is 12.7. The zero-order chi connectivity index (χ0) is 17.9. The Hall–Kier alpha value is -2.95. The molecule has 1 fully saturated rings. The fourth-order valence-electron chi connectivity index (χ4n) is 3.46. The van der Waals surface area contributed by atoms with Crippen molar-refractivity contribution in [3.8, 4) is 11.5 Å². The number of H-pyrrole nitrogens is 1. The summed E-state index contributed by atoms with van der Waals surface area (Å²) in [6.07, 6.45) is 1.87. The lowest BCUT2D eigenvalue weighted by Crippen LogP contribution is -2.39. The molecule has 1 aliphatic rings. The molecular formula is C21H22N2O3. The fourth-order valence-corrected chi connectivity index (χ4v) is 3.46. The van der Waals surface area contributed by atoms with Crippen molar-refractivity contribution in [1.82, 2.24) is 9.88 Å². The van der Waals surface area contributed by atoms with Crippen LogP contribution in [-0.2, 0) is 0 Å². The van der Waals surface area contributed by atoms with Crippen molar-refractivity contribution in [3.05, 3.63) is 60.3 Å². The average Bonchev–Trinajstić information content (AvgIpc) is 3.13. The lowest BCUT2D eigenvalue weighted by atomic mass is 9.97. The van der Waals surface area contributed by atoms with Gasteiger partial charge in [0, 0.05) is 24.0 Å². The minimum atomic E-state index is -0.0111. The zero-order valence-corrected chi connectivity index (χ0v) is 14.5. The third-order valence-electron chi connectivity index (χ3n) is 5.00. The highest BCUT2D eigenvalue weighted by molar-refractivity contribution is 5.99. The van der Waals surface area contributed by atoms with Crippen LogP contribution in [0, 0.1) is 5.92 Å². The first-order valence-electron chi connectivity index (χ1n) is 8.98. The van der Waals surface area contributed by atoms with Gasteiger partial charge in [0.25, 0.3) is 5.91 Å². The molecule has 5 nitrogen and oxygen atoms in total. The van der Waals surface area contributed by atoms with E-state index in [1.807, 2.05) is 41.3 Å². The number of para-hydroxylation sites is 1. The van der Waals surface area contributed by atoms with Gasteiger partial charge in [-0.15, -0.1) is 0 Å². The maximum absolute atomic E-state index is 12.7. The highest BCUT2D eigenvalue weighted by atomic mass is 16.5. The Bertz CT molecular complexity index is 896. The van der Waals surface area contributed by atoms with Gasteiger partial charge in [-0.25, -0.2) is 0 Å². The highest BCUT2D eigenvalue weighted by Crippen LogP contribution is 2.26. The molecule has 1 aromatic heterocycles. The molecular weight excluding hydrogens is 328 g/mol. The molecule has 1 saturated heterocycles. The van der Waals surface area contributed by atoms with Gasteiger partial charge < -0.3 is 19.7 Å². The van der Waals surface area contributed by atoms with Crippen LogP contribution in [0.4, 0.5) is 0 Å². The summed E-state index contributed by atoms with van der Waals surface area (Å²) in [5.74, 6) is 1.53. The fraction of sp³-hybridized carbons (Fsp3) is 0.286. The second-order valence-corrected chi connectivity index (χ2v) is 6.78. The van der Waals surface area contributed by atoms with E-state index in [1.54, 1.807) is 18.2 Å². The summed E-state index contributed by atoms with van der Waals surface area (Å²) >= 11 is 0. The van der Waals surface area contributed by atoms with Crippen LogP contribution in [0.1, 0.15) is 23.3 Å². The number of nitrogens with one attached hydrogen (secondary N) is 1. The monoisotopic (exact) mass is 350 g/mol. The molecule has 0 radical (unpaired) electrons. The van der Waals surface area contributed by atoms with Crippen LogP contribution < -0.4 is 4.74 Å². The van der Waals surface area contributed by atoms with Gasteiger partial charge in [-0.05, 0) is 49.1 Å². The number of amides is 1. The number of carbonyl (C=O) groups excluding carboxylic acids is 1. The lowest BCUT2D eigenvalue weighted by molar-refractivity contribution is 0.0656. The molecule has 134 valence electrons. The zero-order valence-electron chi connectivity index (χ0n) is 14.5. The SMILES string of the molecule is O=C(c1cc2c(O)cccc2[nH]1)N1CCC(COc2ccccc2)CC1. The molecule has 3 aromatic rings. The Kier molecular flexibility index (Phi) is 4.52. The molecule has 2 N–H and O–H groups in total. The number of ether oxygens (including phenoxy) is 1. The molecule has 0 spiro atoms. The number of rotatable bonds is 4. The summed E-state index contributed by atoms with van der Waals surface area (Å²) in [7, 11) is 0. The van der Waals surface area contributed by atoms with Gasteiger partial charge in [0.05, 0.1) is 6.61 Å². The molecule has 5 heteroatoms. The number of fused-ring (bicyclic) bond motifs is 1. The molecule has 0 unspecified atom stereocenters. The first-order valence-corrected chi connectivity index (χ1v) is 8.98. The van der Waals surface area contributed by atoms with Crippen molar-refractivity contribution in [2.75, 3.05) is 19.7 Å². The first-order chi connectivity index (χ1) is 12.7. The molecule has 1 amide bonds. The Morgan fingerprint density at radius 1 is 1.12 bits per heavy atom. The van der Waals surface area contributed by atoms with Gasteiger partial charge in [-0.3, -0.25) is 4.79 Å². The third-order valence-corrected chi connectivity index (χ3v) is 5.00. The number of hydrogen-bond acceptors (Lipinski definition) is 3. The standard InChI is InChI=1S/C21H22N2O3/c24-20-8-4-7-18-17(20)13-19(22-18)21(25)23-11-9-15(10-12-23)14-26-16-5-2-1-3-6-16/h1-8,13,15,22,24H,9-12,14H2. The number of aromatic hydroxyl groups is 1. The number of aromatic amines is 1. The number of phenolic OH excluding ortho intramolecular Hbond substituents is 1. The summed E-state index contributed by atoms with van der Waals surface area (Å²) in [4.78, 5) is 17.7. The number of likely N-dealkylation sites (tertiary alicyclic amines) is 1. The lowest BCUT2D eigenvalue weighted by Gasteiger charge is -2.31. The maximum Gasteiger partial charge on any atom is 0.270 e. The highest BCUT2D eigenvalue weighted by Gasteiger charge is 2.25. The molecule has 0 aliphatic carbocycles. The molecule has 1 aliphatic heterocycles. The van der Waals surface area contributed by atoms with E-state index in [0.717, 1.165) is 37.2 Å². The van der Waals surface area contributed by atoms with E-state index in [9.17, 15) is 9.90 Å². The van der Waals surface area contributed by atoms with E-state index in [4.69, 9.17) is 4.74 Å². The van der Waals surface area contributed by atoms with Crippen LogP contribution >= 0.6 is 0 Å². The van der Waals surface area contributed by atoms with Crippen molar-refractivity contribution in [1.29, 1.82) is 0 Å². The minimum Gasteiger partial charge on any atom is -0.507 e. The molecule has 0 atom stereocenters. The van der Waals surface area contributed by atoms with Crippen molar-refractivity contribution in [3.63, 3.8) is 0 Å². The molecule has 4 rings (SSSR count). The van der Waals surface area contributed by atoms with Crippen molar-refractivity contribution in [2.45, 2.75) is 12.8 Å². The predicted octanol–water partition coefficient (Wildman–Crippen LogP) is 3.80. The Balaban J connectivity index is 1.35. The van der Waals surface area contributed by atoms with Crippen molar-refractivity contribution < 1.29 is 14.6 Å². The number of hydrogen-bond donors (Lipinski definition) is 2. The van der Waals surface area contributed by atoms with Crippen LogP contribution in [0.5, 0.6) is 11.5 Å². The van der Waals surface area contributed by atoms with Crippen LogP contribution in [0.25, 0.3) is 10.9 Å². The summed E-state index contributed by atoms with van der Waals surface area (Å²) in [5, 5.41) is 10.6. The van der Waals surface area contributed by atoms with Gasteiger partial charge in [-0.1, -0.05) is 24.3 Å².